The topological polar surface area (TPSA) is 47.3 Å². The number of aliphatic hydroxyl groups is 1. The molecule has 1 N–H and O–H groups in total. The molecule has 0 fully saturated rings. The van der Waals surface area contributed by atoms with Gasteiger partial charge in [0.15, 0.2) is 0 Å². The molecule has 1 aromatic carbocycles. The maximum absolute atomic E-state index is 13.6. The van der Waals surface area contributed by atoms with Crippen LogP contribution in [0.15, 0.2) is 30.6 Å². The number of rotatable bonds is 5. The molecule has 1 aromatic heterocycles. The number of halogens is 1. The Morgan fingerprint density at radius 2 is 2.26 bits per heavy atom. The van der Waals surface area contributed by atoms with Gasteiger partial charge >= 0.3 is 0 Å². The summed E-state index contributed by atoms with van der Waals surface area (Å²) in [7, 11) is 0. The molecule has 0 radical (unpaired) electrons. The van der Waals surface area contributed by atoms with Gasteiger partial charge in [-0.2, -0.15) is 5.10 Å². The Morgan fingerprint density at radius 3 is 2.84 bits per heavy atom. The van der Waals surface area contributed by atoms with Gasteiger partial charge in [0.25, 0.3) is 0 Å². The summed E-state index contributed by atoms with van der Waals surface area (Å²) in [6.07, 6.45) is 2.79. The van der Waals surface area contributed by atoms with Gasteiger partial charge in [-0.15, -0.1) is 0 Å². The minimum absolute atomic E-state index is 0.270. The van der Waals surface area contributed by atoms with Crippen LogP contribution >= 0.6 is 0 Å². The molecule has 0 bridgehead atoms. The molecule has 2 aromatic rings. The molecule has 1 heterocycles. The quantitative estimate of drug-likeness (QED) is 0.903. The molecule has 0 aliphatic carbocycles. The summed E-state index contributed by atoms with van der Waals surface area (Å²) in [6, 6.07) is 4.46. The van der Waals surface area contributed by atoms with Gasteiger partial charge in [0, 0.05) is 29.9 Å². The van der Waals surface area contributed by atoms with E-state index in [2.05, 4.69) is 5.10 Å². The van der Waals surface area contributed by atoms with E-state index in [1.165, 1.54) is 19.1 Å². The summed E-state index contributed by atoms with van der Waals surface area (Å²) in [6.45, 7) is 4.67. The number of nitrogens with zero attached hydrogens (tertiary/aromatic N) is 2. The summed E-state index contributed by atoms with van der Waals surface area (Å²) in [5.41, 5.74) is 1.20. The summed E-state index contributed by atoms with van der Waals surface area (Å²) in [4.78, 5) is 0. The largest absolute Gasteiger partial charge is 0.489 e. The van der Waals surface area contributed by atoms with Crippen molar-refractivity contribution in [2.24, 2.45) is 0 Å². The van der Waals surface area contributed by atoms with Crippen LogP contribution in [0.1, 0.15) is 31.1 Å². The monoisotopic (exact) mass is 264 g/mol. The Morgan fingerprint density at radius 1 is 1.47 bits per heavy atom. The maximum atomic E-state index is 13.6. The molecule has 0 unspecified atom stereocenters. The van der Waals surface area contributed by atoms with Gasteiger partial charge in [-0.05, 0) is 26.0 Å². The highest BCUT2D eigenvalue weighted by Gasteiger charge is 2.09. The van der Waals surface area contributed by atoms with Gasteiger partial charge in [-0.3, -0.25) is 4.68 Å². The van der Waals surface area contributed by atoms with Gasteiger partial charge in [-0.1, -0.05) is 0 Å². The van der Waals surface area contributed by atoms with Gasteiger partial charge < -0.3 is 9.84 Å². The first-order valence-electron chi connectivity index (χ1n) is 6.21. The van der Waals surface area contributed by atoms with Crippen LogP contribution in [0, 0.1) is 5.82 Å². The molecule has 102 valence electrons. The lowest BCUT2D eigenvalue weighted by Crippen LogP contribution is -1.99. The fourth-order valence-electron chi connectivity index (χ4n) is 1.76. The third-order valence-corrected chi connectivity index (χ3v) is 2.84. The van der Waals surface area contributed by atoms with Gasteiger partial charge in [0.1, 0.15) is 18.2 Å². The second-order valence-corrected chi connectivity index (χ2v) is 4.35. The second kappa shape index (κ2) is 5.84. The Bertz CT molecular complexity index is 552. The van der Waals surface area contributed by atoms with Crippen molar-refractivity contribution in [3.05, 3.63) is 47.5 Å². The Labute approximate surface area is 111 Å². The molecule has 0 saturated heterocycles. The number of aliphatic hydroxyl groups excluding tert-OH is 1. The molecule has 0 aliphatic heterocycles. The molecular weight excluding hydrogens is 247 g/mol. The zero-order valence-corrected chi connectivity index (χ0v) is 11.0. The van der Waals surface area contributed by atoms with Crippen LogP contribution in [0.3, 0.4) is 0 Å². The molecule has 0 aliphatic rings. The van der Waals surface area contributed by atoms with Crippen LogP contribution in [0.25, 0.3) is 0 Å². The van der Waals surface area contributed by atoms with Gasteiger partial charge in [0.2, 0.25) is 0 Å². The fourth-order valence-corrected chi connectivity index (χ4v) is 1.76. The molecule has 19 heavy (non-hydrogen) atoms. The predicted octanol–water partition coefficient (Wildman–Crippen LogP) is 2.67. The average Bonchev–Trinajstić information content (AvgIpc) is 2.84. The number of hydrogen-bond acceptors (Lipinski definition) is 3. The number of hydrogen-bond donors (Lipinski definition) is 1. The van der Waals surface area contributed by atoms with E-state index in [4.69, 9.17) is 4.74 Å². The van der Waals surface area contributed by atoms with E-state index in [1.54, 1.807) is 16.9 Å². The third kappa shape index (κ3) is 3.32. The highest BCUT2D eigenvalue weighted by molar-refractivity contribution is 5.30. The van der Waals surface area contributed by atoms with Crippen molar-refractivity contribution >= 4 is 0 Å². The molecule has 0 spiro atoms. The average molecular weight is 264 g/mol. The maximum Gasteiger partial charge on any atom is 0.132 e. The lowest BCUT2D eigenvalue weighted by Gasteiger charge is -2.09. The van der Waals surface area contributed by atoms with Crippen molar-refractivity contribution in [1.82, 2.24) is 9.78 Å². The zero-order valence-electron chi connectivity index (χ0n) is 11.0. The molecular formula is C14H17FN2O2. The summed E-state index contributed by atoms with van der Waals surface area (Å²) in [5.74, 6) is -0.0251. The van der Waals surface area contributed by atoms with E-state index < -0.39 is 11.9 Å². The van der Waals surface area contributed by atoms with Crippen molar-refractivity contribution in [1.29, 1.82) is 0 Å². The van der Waals surface area contributed by atoms with Crippen LogP contribution in [-0.2, 0) is 13.2 Å². The first kappa shape index (κ1) is 13.5. The van der Waals surface area contributed by atoms with E-state index in [0.717, 1.165) is 12.1 Å². The lowest BCUT2D eigenvalue weighted by atomic mass is 10.1. The predicted molar refractivity (Wildman–Crippen MR) is 69.3 cm³/mol. The fraction of sp³-hybridized carbons (Fsp3) is 0.357. The first-order chi connectivity index (χ1) is 9.10. The Kier molecular flexibility index (Phi) is 4.16. The first-order valence-corrected chi connectivity index (χ1v) is 6.21. The third-order valence-electron chi connectivity index (χ3n) is 2.84. The number of benzene rings is 1. The Balaban J connectivity index is 2.01. The highest BCUT2D eigenvalue weighted by Crippen LogP contribution is 2.22. The van der Waals surface area contributed by atoms with Crippen molar-refractivity contribution < 1.29 is 14.2 Å². The van der Waals surface area contributed by atoms with Crippen LogP contribution in [0.2, 0.25) is 0 Å². The SMILES string of the molecule is CCn1cc(COc2ccc([C@@H](C)O)c(F)c2)cn1. The standard InChI is InChI=1S/C14H17FN2O2/c1-3-17-8-11(7-16-17)9-19-12-4-5-13(10(2)18)14(15)6-12/h4-8,10,18H,3,9H2,1-2H3/t10-/m1/s1. The van der Waals surface area contributed by atoms with Crippen LogP contribution < -0.4 is 4.74 Å². The normalized spacial score (nSPS) is 12.4. The van der Waals surface area contributed by atoms with E-state index >= 15 is 0 Å². The number of aromatic nitrogens is 2. The highest BCUT2D eigenvalue weighted by atomic mass is 19.1. The van der Waals surface area contributed by atoms with Crippen molar-refractivity contribution in [3.8, 4) is 5.75 Å². The molecule has 5 heteroatoms. The minimum Gasteiger partial charge on any atom is -0.489 e. The summed E-state index contributed by atoms with van der Waals surface area (Å²) < 4.78 is 20.9. The van der Waals surface area contributed by atoms with E-state index in [0.29, 0.717) is 12.4 Å². The Hall–Kier alpha value is -1.88. The van der Waals surface area contributed by atoms with Crippen LogP contribution in [-0.4, -0.2) is 14.9 Å². The lowest BCUT2D eigenvalue weighted by molar-refractivity contribution is 0.194. The van der Waals surface area contributed by atoms with Crippen molar-refractivity contribution in [3.63, 3.8) is 0 Å². The van der Waals surface area contributed by atoms with Crippen molar-refractivity contribution in [2.45, 2.75) is 33.1 Å². The van der Waals surface area contributed by atoms with E-state index in [-0.39, 0.29) is 5.56 Å². The molecule has 0 amide bonds. The van der Waals surface area contributed by atoms with Gasteiger partial charge in [0.05, 0.1) is 12.3 Å². The smallest absolute Gasteiger partial charge is 0.132 e. The molecule has 0 saturated carbocycles. The molecule has 1 atom stereocenters. The summed E-state index contributed by atoms with van der Waals surface area (Å²) >= 11 is 0. The molecule has 4 nitrogen and oxygen atoms in total. The van der Waals surface area contributed by atoms with Crippen molar-refractivity contribution in [2.75, 3.05) is 0 Å². The number of aryl methyl sites for hydroxylation is 1. The van der Waals surface area contributed by atoms with Crippen LogP contribution in [0.5, 0.6) is 5.75 Å². The second-order valence-electron chi connectivity index (χ2n) is 4.35. The zero-order chi connectivity index (χ0) is 13.8. The van der Waals surface area contributed by atoms with Crippen LogP contribution in [0.4, 0.5) is 4.39 Å². The number of ether oxygens (including phenoxy) is 1. The van der Waals surface area contributed by atoms with Gasteiger partial charge in [-0.25, -0.2) is 4.39 Å². The van der Waals surface area contributed by atoms with E-state index in [9.17, 15) is 9.50 Å². The summed E-state index contributed by atoms with van der Waals surface area (Å²) in [5, 5.41) is 13.5. The molecule has 2 rings (SSSR count). The van der Waals surface area contributed by atoms with E-state index in [1.807, 2.05) is 13.1 Å². The minimum atomic E-state index is -0.822.